The molecule has 25 heavy (non-hydrogen) atoms. The summed E-state index contributed by atoms with van der Waals surface area (Å²) >= 11 is 0. The lowest BCUT2D eigenvalue weighted by Gasteiger charge is -2.34. The van der Waals surface area contributed by atoms with Gasteiger partial charge in [0.25, 0.3) is 5.91 Å². The molecule has 1 aromatic rings. The standard InChI is InChI=1S/C15H21N3O6S/c1-3-24-15(20)18-8-6-17(7-9-18)14(19)11-4-5-12(23-2)13(10-11)25(16,21)22/h4-5,10H,3,6-9H2,1-2H3,(H2,16,21,22). The number of methoxy groups -OCH3 is 1. The first-order valence-electron chi connectivity index (χ1n) is 7.69. The van der Waals surface area contributed by atoms with E-state index in [2.05, 4.69) is 0 Å². The van der Waals surface area contributed by atoms with Gasteiger partial charge in [-0.25, -0.2) is 18.4 Å². The van der Waals surface area contributed by atoms with Crippen molar-refractivity contribution in [2.45, 2.75) is 11.8 Å². The summed E-state index contributed by atoms with van der Waals surface area (Å²) in [6.07, 6.45) is -0.407. The van der Waals surface area contributed by atoms with E-state index in [0.29, 0.717) is 32.8 Å². The molecule has 10 heteroatoms. The summed E-state index contributed by atoms with van der Waals surface area (Å²) in [6.45, 7) is 3.37. The third-order valence-corrected chi connectivity index (χ3v) is 4.74. The lowest BCUT2D eigenvalue weighted by Crippen LogP contribution is -2.50. The Morgan fingerprint density at radius 1 is 1.16 bits per heavy atom. The fourth-order valence-electron chi connectivity index (χ4n) is 2.52. The predicted molar refractivity (Wildman–Crippen MR) is 88.9 cm³/mol. The Hall–Kier alpha value is -2.33. The third kappa shape index (κ3) is 4.40. The molecule has 0 saturated carbocycles. The highest BCUT2D eigenvalue weighted by Crippen LogP contribution is 2.24. The second-order valence-corrected chi connectivity index (χ2v) is 6.92. The largest absolute Gasteiger partial charge is 0.495 e. The molecule has 0 aromatic heterocycles. The molecule has 2 rings (SSSR count). The van der Waals surface area contributed by atoms with Crippen molar-refractivity contribution in [3.05, 3.63) is 23.8 Å². The molecule has 1 fully saturated rings. The molecule has 0 radical (unpaired) electrons. The summed E-state index contributed by atoms with van der Waals surface area (Å²) < 4.78 is 33.2. The van der Waals surface area contributed by atoms with Crippen LogP contribution in [0.25, 0.3) is 0 Å². The van der Waals surface area contributed by atoms with Crippen molar-refractivity contribution in [1.29, 1.82) is 0 Å². The van der Waals surface area contributed by atoms with Gasteiger partial charge in [-0.15, -0.1) is 0 Å². The van der Waals surface area contributed by atoms with Crippen LogP contribution in [0.5, 0.6) is 5.75 Å². The number of carbonyl (C=O) groups excluding carboxylic acids is 2. The Labute approximate surface area is 146 Å². The first-order valence-corrected chi connectivity index (χ1v) is 9.24. The number of benzene rings is 1. The molecule has 9 nitrogen and oxygen atoms in total. The van der Waals surface area contributed by atoms with E-state index in [1.807, 2.05) is 0 Å². The van der Waals surface area contributed by atoms with Crippen LogP contribution in [-0.4, -0.2) is 70.1 Å². The van der Waals surface area contributed by atoms with Gasteiger partial charge in [0.15, 0.2) is 0 Å². The van der Waals surface area contributed by atoms with Crippen molar-refractivity contribution < 1.29 is 27.5 Å². The van der Waals surface area contributed by atoms with Crippen LogP contribution in [0, 0.1) is 0 Å². The monoisotopic (exact) mass is 371 g/mol. The number of sulfonamides is 1. The Balaban J connectivity index is 2.13. The molecule has 1 saturated heterocycles. The van der Waals surface area contributed by atoms with Crippen LogP contribution < -0.4 is 9.88 Å². The molecule has 1 aromatic carbocycles. The number of carbonyl (C=O) groups is 2. The van der Waals surface area contributed by atoms with Crippen LogP contribution in [0.1, 0.15) is 17.3 Å². The van der Waals surface area contributed by atoms with E-state index in [4.69, 9.17) is 14.6 Å². The molecule has 1 aliphatic heterocycles. The van der Waals surface area contributed by atoms with E-state index in [1.165, 1.54) is 30.2 Å². The predicted octanol–water partition coefficient (Wildman–Crippen LogP) is 0.257. The van der Waals surface area contributed by atoms with Gasteiger partial charge in [0, 0.05) is 31.7 Å². The average molecular weight is 371 g/mol. The molecule has 2 amide bonds. The van der Waals surface area contributed by atoms with Gasteiger partial charge in [-0.1, -0.05) is 0 Å². The first-order chi connectivity index (χ1) is 11.8. The lowest BCUT2D eigenvalue weighted by atomic mass is 10.1. The SMILES string of the molecule is CCOC(=O)N1CCN(C(=O)c2ccc(OC)c(S(N)(=O)=O)c2)CC1. The van der Waals surface area contributed by atoms with Crippen LogP contribution in [0.2, 0.25) is 0 Å². The second kappa shape index (κ2) is 7.70. The van der Waals surface area contributed by atoms with Crippen LogP contribution in [0.15, 0.2) is 23.1 Å². The Morgan fingerprint density at radius 3 is 2.28 bits per heavy atom. The van der Waals surface area contributed by atoms with Gasteiger partial charge in [-0.3, -0.25) is 4.79 Å². The topological polar surface area (TPSA) is 119 Å². The maximum atomic E-state index is 12.6. The zero-order chi connectivity index (χ0) is 18.6. The zero-order valence-corrected chi connectivity index (χ0v) is 14.9. The Morgan fingerprint density at radius 2 is 1.76 bits per heavy atom. The van der Waals surface area contributed by atoms with E-state index in [9.17, 15) is 18.0 Å². The summed E-state index contributed by atoms with van der Waals surface area (Å²) in [5.41, 5.74) is 0.189. The maximum absolute atomic E-state index is 12.6. The molecule has 0 unspecified atom stereocenters. The number of nitrogens with zero attached hydrogens (tertiary/aromatic N) is 2. The number of primary sulfonamides is 1. The Kier molecular flexibility index (Phi) is 5.85. The van der Waals surface area contributed by atoms with Gasteiger partial charge in [0.05, 0.1) is 13.7 Å². The van der Waals surface area contributed by atoms with Gasteiger partial charge >= 0.3 is 6.09 Å². The molecule has 0 atom stereocenters. The Bertz CT molecular complexity index is 757. The highest BCUT2D eigenvalue weighted by Gasteiger charge is 2.26. The number of ether oxygens (including phenoxy) is 2. The van der Waals surface area contributed by atoms with Crippen molar-refractivity contribution in [2.75, 3.05) is 39.9 Å². The van der Waals surface area contributed by atoms with Crippen molar-refractivity contribution in [3.8, 4) is 5.75 Å². The van der Waals surface area contributed by atoms with Crippen LogP contribution in [0.4, 0.5) is 4.79 Å². The van der Waals surface area contributed by atoms with E-state index in [1.54, 1.807) is 11.8 Å². The normalized spacial score (nSPS) is 15.0. The minimum atomic E-state index is -4.02. The number of piperazine rings is 1. The average Bonchev–Trinajstić information content (AvgIpc) is 2.60. The number of amides is 2. The number of hydrogen-bond acceptors (Lipinski definition) is 6. The molecule has 2 N–H and O–H groups in total. The third-order valence-electron chi connectivity index (χ3n) is 3.81. The molecule has 1 aliphatic rings. The summed E-state index contributed by atoms with van der Waals surface area (Å²) in [4.78, 5) is 27.1. The van der Waals surface area contributed by atoms with E-state index < -0.39 is 16.1 Å². The van der Waals surface area contributed by atoms with Gasteiger partial charge < -0.3 is 19.3 Å². The van der Waals surface area contributed by atoms with E-state index in [-0.39, 0.29) is 22.1 Å². The van der Waals surface area contributed by atoms with E-state index >= 15 is 0 Å². The van der Waals surface area contributed by atoms with Gasteiger partial charge in [0.1, 0.15) is 10.6 Å². The highest BCUT2D eigenvalue weighted by molar-refractivity contribution is 7.89. The summed E-state index contributed by atoms with van der Waals surface area (Å²) in [6, 6.07) is 4.07. The molecule has 1 heterocycles. The molecule has 0 bridgehead atoms. The second-order valence-electron chi connectivity index (χ2n) is 5.39. The molecule has 0 aliphatic carbocycles. The zero-order valence-electron chi connectivity index (χ0n) is 14.1. The van der Waals surface area contributed by atoms with Crippen molar-refractivity contribution >= 4 is 22.0 Å². The summed E-state index contributed by atoms with van der Waals surface area (Å²) in [7, 11) is -2.70. The molecule has 138 valence electrons. The molecular weight excluding hydrogens is 350 g/mol. The number of nitrogens with two attached hydrogens (primary N) is 1. The minimum Gasteiger partial charge on any atom is -0.495 e. The molecule has 0 spiro atoms. The van der Waals surface area contributed by atoms with Gasteiger partial charge in [-0.2, -0.15) is 0 Å². The number of hydrogen-bond donors (Lipinski definition) is 1. The smallest absolute Gasteiger partial charge is 0.409 e. The van der Waals surface area contributed by atoms with Crippen molar-refractivity contribution in [3.63, 3.8) is 0 Å². The number of rotatable bonds is 4. The molecular formula is C15H21N3O6S. The fourth-order valence-corrected chi connectivity index (χ4v) is 3.24. The quantitative estimate of drug-likeness (QED) is 0.811. The van der Waals surface area contributed by atoms with Crippen LogP contribution >= 0.6 is 0 Å². The lowest BCUT2D eigenvalue weighted by molar-refractivity contribution is 0.0570. The fraction of sp³-hybridized carbons (Fsp3) is 0.467. The van der Waals surface area contributed by atoms with Gasteiger partial charge in [-0.05, 0) is 25.1 Å². The van der Waals surface area contributed by atoms with Crippen LogP contribution in [0.3, 0.4) is 0 Å². The first kappa shape index (κ1) is 19.0. The minimum absolute atomic E-state index is 0.0752. The summed E-state index contributed by atoms with van der Waals surface area (Å²) in [5.74, 6) is -0.262. The van der Waals surface area contributed by atoms with Crippen LogP contribution in [-0.2, 0) is 14.8 Å². The van der Waals surface area contributed by atoms with E-state index in [0.717, 1.165) is 0 Å². The highest BCUT2D eigenvalue weighted by atomic mass is 32.2. The van der Waals surface area contributed by atoms with Crippen molar-refractivity contribution in [1.82, 2.24) is 9.80 Å². The maximum Gasteiger partial charge on any atom is 0.409 e. The van der Waals surface area contributed by atoms with Gasteiger partial charge in [0.2, 0.25) is 10.0 Å². The van der Waals surface area contributed by atoms with Crippen molar-refractivity contribution in [2.24, 2.45) is 5.14 Å². The summed E-state index contributed by atoms with van der Waals surface area (Å²) in [5, 5.41) is 5.17.